The molecule has 1 fully saturated rings. The Hall–Kier alpha value is -1.75. The van der Waals surface area contributed by atoms with Gasteiger partial charge in [-0.25, -0.2) is 4.68 Å². The maximum Gasteiger partial charge on any atom is 0.165 e. The summed E-state index contributed by atoms with van der Waals surface area (Å²) < 4.78 is 1.91. The molecule has 1 saturated heterocycles. The first-order valence-electron chi connectivity index (χ1n) is 7.32. The summed E-state index contributed by atoms with van der Waals surface area (Å²) in [5, 5.41) is 12.2. The normalized spacial score (nSPS) is 20.1. The lowest BCUT2D eigenvalue weighted by Gasteiger charge is -2.30. The van der Waals surface area contributed by atoms with Crippen LogP contribution in [0.15, 0.2) is 30.3 Å². The molecule has 1 aromatic heterocycles. The van der Waals surface area contributed by atoms with Crippen LogP contribution in [0, 0.1) is 5.92 Å². The zero-order chi connectivity index (χ0) is 13.8. The zero-order valence-corrected chi connectivity index (χ0v) is 11.9. The molecule has 106 valence electrons. The molecule has 1 aliphatic rings. The van der Waals surface area contributed by atoms with Crippen molar-refractivity contribution in [1.29, 1.82) is 0 Å². The highest BCUT2D eigenvalue weighted by atomic mass is 15.5. The molecule has 0 radical (unpaired) electrons. The lowest BCUT2D eigenvalue weighted by atomic mass is 10.0. The minimum atomic E-state index is 0.743. The van der Waals surface area contributed by atoms with E-state index in [0.717, 1.165) is 37.9 Å². The van der Waals surface area contributed by atoms with E-state index >= 15 is 0 Å². The lowest BCUT2D eigenvalue weighted by Crippen LogP contribution is -2.34. The van der Waals surface area contributed by atoms with Gasteiger partial charge in [0.05, 0.1) is 13.1 Å². The minimum absolute atomic E-state index is 0.743. The predicted octanol–water partition coefficient (Wildman–Crippen LogP) is 1.95. The van der Waals surface area contributed by atoms with Crippen molar-refractivity contribution in [3.63, 3.8) is 0 Å². The SMILES string of the molecule is CC1CCCN(Cc2nnnn2Cc2ccccc2)C1. The van der Waals surface area contributed by atoms with E-state index < -0.39 is 0 Å². The van der Waals surface area contributed by atoms with Gasteiger partial charge in [-0.3, -0.25) is 4.90 Å². The van der Waals surface area contributed by atoms with Gasteiger partial charge in [-0.05, 0) is 41.3 Å². The van der Waals surface area contributed by atoms with Gasteiger partial charge < -0.3 is 0 Å². The van der Waals surface area contributed by atoms with Crippen LogP contribution in [0.2, 0.25) is 0 Å². The number of hydrogen-bond donors (Lipinski definition) is 0. The fraction of sp³-hybridized carbons (Fsp3) is 0.533. The maximum atomic E-state index is 4.19. The maximum absolute atomic E-state index is 4.19. The van der Waals surface area contributed by atoms with Crippen LogP contribution < -0.4 is 0 Å². The van der Waals surface area contributed by atoms with E-state index in [-0.39, 0.29) is 0 Å². The van der Waals surface area contributed by atoms with E-state index in [1.807, 2.05) is 22.9 Å². The van der Waals surface area contributed by atoms with Gasteiger partial charge in [0.25, 0.3) is 0 Å². The largest absolute Gasteiger partial charge is 0.296 e. The molecule has 1 unspecified atom stereocenters. The Labute approximate surface area is 119 Å². The van der Waals surface area contributed by atoms with Crippen molar-refractivity contribution in [2.45, 2.75) is 32.9 Å². The molecule has 5 nitrogen and oxygen atoms in total. The molecule has 1 aliphatic heterocycles. The Balaban J connectivity index is 1.67. The molecule has 0 aliphatic carbocycles. The predicted molar refractivity (Wildman–Crippen MR) is 77.0 cm³/mol. The van der Waals surface area contributed by atoms with E-state index in [2.05, 4.69) is 39.5 Å². The minimum Gasteiger partial charge on any atom is -0.296 e. The molecular weight excluding hydrogens is 250 g/mol. The van der Waals surface area contributed by atoms with E-state index in [1.165, 1.54) is 18.4 Å². The summed E-state index contributed by atoms with van der Waals surface area (Å²) in [5.74, 6) is 1.74. The Morgan fingerprint density at radius 1 is 1.20 bits per heavy atom. The molecule has 0 N–H and O–H groups in total. The number of benzene rings is 1. The van der Waals surface area contributed by atoms with Crippen molar-refractivity contribution in [3.8, 4) is 0 Å². The average molecular weight is 271 g/mol. The second-order valence-electron chi connectivity index (χ2n) is 5.72. The molecule has 1 atom stereocenters. The van der Waals surface area contributed by atoms with Crippen molar-refractivity contribution in [2.75, 3.05) is 13.1 Å². The molecule has 5 heteroatoms. The van der Waals surface area contributed by atoms with Crippen LogP contribution in [-0.4, -0.2) is 38.2 Å². The molecule has 3 rings (SSSR count). The van der Waals surface area contributed by atoms with Gasteiger partial charge in [-0.15, -0.1) is 5.10 Å². The molecular formula is C15H21N5. The number of nitrogens with zero attached hydrogens (tertiary/aromatic N) is 5. The van der Waals surface area contributed by atoms with Crippen LogP contribution in [0.5, 0.6) is 0 Å². The van der Waals surface area contributed by atoms with Crippen LogP contribution in [0.4, 0.5) is 0 Å². The molecule has 0 saturated carbocycles. The number of likely N-dealkylation sites (tertiary alicyclic amines) is 1. The Morgan fingerprint density at radius 2 is 2.05 bits per heavy atom. The van der Waals surface area contributed by atoms with Gasteiger partial charge in [0.1, 0.15) is 0 Å². The fourth-order valence-corrected chi connectivity index (χ4v) is 2.85. The highest BCUT2D eigenvalue weighted by molar-refractivity contribution is 5.14. The quantitative estimate of drug-likeness (QED) is 0.853. The second kappa shape index (κ2) is 6.13. The van der Waals surface area contributed by atoms with Gasteiger partial charge in [0.15, 0.2) is 5.82 Å². The van der Waals surface area contributed by atoms with Gasteiger partial charge >= 0.3 is 0 Å². The fourth-order valence-electron chi connectivity index (χ4n) is 2.85. The van der Waals surface area contributed by atoms with Crippen LogP contribution >= 0.6 is 0 Å². The Bertz CT molecular complexity index is 536. The number of aromatic nitrogens is 4. The highest BCUT2D eigenvalue weighted by Crippen LogP contribution is 2.17. The van der Waals surface area contributed by atoms with Crippen LogP contribution in [-0.2, 0) is 13.1 Å². The van der Waals surface area contributed by atoms with Crippen LogP contribution in [0.3, 0.4) is 0 Å². The standard InChI is InChI=1S/C15H21N5/c1-13-6-5-9-19(10-13)12-15-16-17-18-20(15)11-14-7-3-2-4-8-14/h2-4,7-8,13H,5-6,9-12H2,1H3. The smallest absolute Gasteiger partial charge is 0.165 e. The van der Waals surface area contributed by atoms with Crippen molar-refractivity contribution in [1.82, 2.24) is 25.1 Å². The van der Waals surface area contributed by atoms with E-state index in [9.17, 15) is 0 Å². The molecule has 0 bridgehead atoms. The highest BCUT2D eigenvalue weighted by Gasteiger charge is 2.18. The van der Waals surface area contributed by atoms with E-state index in [0.29, 0.717) is 0 Å². The Morgan fingerprint density at radius 3 is 2.85 bits per heavy atom. The third-order valence-electron chi connectivity index (χ3n) is 3.89. The first-order valence-corrected chi connectivity index (χ1v) is 7.32. The second-order valence-corrected chi connectivity index (χ2v) is 5.72. The third-order valence-corrected chi connectivity index (χ3v) is 3.89. The number of rotatable bonds is 4. The molecule has 0 spiro atoms. The van der Waals surface area contributed by atoms with Crippen LogP contribution in [0.25, 0.3) is 0 Å². The molecule has 1 aromatic carbocycles. The number of piperidine rings is 1. The number of tetrazole rings is 1. The molecule has 2 heterocycles. The van der Waals surface area contributed by atoms with E-state index in [4.69, 9.17) is 0 Å². The van der Waals surface area contributed by atoms with Gasteiger partial charge in [0, 0.05) is 6.54 Å². The average Bonchev–Trinajstić information content (AvgIpc) is 2.87. The summed E-state index contributed by atoms with van der Waals surface area (Å²) in [7, 11) is 0. The van der Waals surface area contributed by atoms with Gasteiger partial charge in [-0.2, -0.15) is 0 Å². The summed E-state index contributed by atoms with van der Waals surface area (Å²) in [5.41, 5.74) is 1.23. The summed E-state index contributed by atoms with van der Waals surface area (Å²) in [6.07, 6.45) is 2.62. The zero-order valence-electron chi connectivity index (χ0n) is 11.9. The van der Waals surface area contributed by atoms with Crippen molar-refractivity contribution in [3.05, 3.63) is 41.7 Å². The molecule has 2 aromatic rings. The Kier molecular flexibility index (Phi) is 4.06. The van der Waals surface area contributed by atoms with Crippen molar-refractivity contribution < 1.29 is 0 Å². The molecule has 20 heavy (non-hydrogen) atoms. The topological polar surface area (TPSA) is 46.8 Å². The van der Waals surface area contributed by atoms with Crippen molar-refractivity contribution >= 4 is 0 Å². The van der Waals surface area contributed by atoms with Crippen molar-refractivity contribution in [2.24, 2.45) is 5.92 Å². The first-order chi connectivity index (χ1) is 9.81. The first kappa shape index (κ1) is 13.2. The summed E-state index contributed by atoms with van der Waals surface area (Å²) in [6.45, 7) is 6.22. The van der Waals surface area contributed by atoms with E-state index in [1.54, 1.807) is 0 Å². The molecule has 0 amide bonds. The monoisotopic (exact) mass is 271 g/mol. The lowest BCUT2D eigenvalue weighted by molar-refractivity contribution is 0.170. The van der Waals surface area contributed by atoms with Crippen LogP contribution in [0.1, 0.15) is 31.2 Å². The van der Waals surface area contributed by atoms with Gasteiger partial charge in [0.2, 0.25) is 0 Å². The number of hydrogen-bond acceptors (Lipinski definition) is 4. The summed E-state index contributed by atoms with van der Waals surface area (Å²) in [4.78, 5) is 2.46. The summed E-state index contributed by atoms with van der Waals surface area (Å²) in [6, 6.07) is 10.3. The van der Waals surface area contributed by atoms with Gasteiger partial charge in [-0.1, -0.05) is 37.3 Å². The summed E-state index contributed by atoms with van der Waals surface area (Å²) >= 11 is 0. The third kappa shape index (κ3) is 3.22.